The van der Waals surface area contributed by atoms with Crippen LogP contribution in [-0.4, -0.2) is 43.4 Å². The van der Waals surface area contributed by atoms with Crippen LogP contribution >= 0.6 is 11.8 Å². The summed E-state index contributed by atoms with van der Waals surface area (Å²) in [5.74, 6) is 2.65. The number of piperidine rings is 1. The molecule has 4 heterocycles. The molecule has 2 N–H and O–H groups in total. The molecule has 0 aliphatic carbocycles. The quantitative estimate of drug-likeness (QED) is 0.292. The zero-order valence-corrected chi connectivity index (χ0v) is 22.4. The number of nitrogen functional groups attached to an aromatic ring is 1. The van der Waals surface area contributed by atoms with Crippen LogP contribution < -0.4 is 5.73 Å². The minimum Gasteiger partial charge on any atom is -0.461 e. The average molecular weight is 527 g/mol. The first-order valence-electron chi connectivity index (χ1n) is 13.0. The highest BCUT2D eigenvalue weighted by atomic mass is 32.2. The maximum Gasteiger partial charge on any atom is 0.219 e. The van der Waals surface area contributed by atoms with E-state index in [0.29, 0.717) is 17.3 Å². The molecule has 1 unspecified atom stereocenters. The highest BCUT2D eigenvalue weighted by Crippen LogP contribution is 2.40. The van der Waals surface area contributed by atoms with Crippen molar-refractivity contribution in [1.29, 1.82) is 0 Å². The summed E-state index contributed by atoms with van der Waals surface area (Å²) in [6, 6.07) is 16.7. The Morgan fingerprint density at radius 1 is 1.16 bits per heavy atom. The number of aryl methyl sites for hydroxylation is 2. The molecule has 0 spiro atoms. The van der Waals surface area contributed by atoms with Crippen molar-refractivity contribution in [2.75, 3.05) is 18.8 Å². The number of nitrogens with two attached hydrogens (primary N) is 1. The molecule has 0 saturated carbocycles. The summed E-state index contributed by atoms with van der Waals surface area (Å²) in [4.78, 5) is 28.6. The van der Waals surface area contributed by atoms with E-state index in [1.807, 2.05) is 36.1 Å². The normalized spacial score (nSPS) is 15.9. The van der Waals surface area contributed by atoms with Crippen LogP contribution in [0.15, 0.2) is 69.3 Å². The number of carbonyl (C=O) groups is 1. The second-order valence-electron chi connectivity index (χ2n) is 9.95. The number of imidazole rings is 1. The molecule has 1 aliphatic heterocycles. The van der Waals surface area contributed by atoms with Crippen LogP contribution in [0.5, 0.6) is 0 Å². The molecule has 0 bridgehead atoms. The first kappa shape index (κ1) is 24.5. The summed E-state index contributed by atoms with van der Waals surface area (Å²) in [5, 5.41) is 3.11. The zero-order chi connectivity index (χ0) is 26.2. The maximum atomic E-state index is 12.0. The van der Waals surface area contributed by atoms with Crippen molar-refractivity contribution in [3.05, 3.63) is 60.6 Å². The first-order chi connectivity index (χ1) is 18.5. The molecule has 1 saturated heterocycles. The SMILES string of the molecule is CC(=O)N1CCCC(CCn2c(Sc3cc4ccccc4cc3-c3ccc(C)o3)nc3c(N)ncnc32)C1. The standard InChI is InChI=1S/C29H30N6O2S/c1-18-9-10-24(37-18)23-14-21-7-3-4-8-22(21)15-25(23)38-29-33-26-27(30)31-17-32-28(26)35(29)13-11-20-6-5-12-34(16-20)19(2)36/h3-4,7-10,14-15,17,20H,5-6,11-13,16H2,1-2H3,(H2,30,31,32). The third-order valence-corrected chi connectivity index (χ3v) is 8.36. The fourth-order valence-corrected chi connectivity index (χ4v) is 6.36. The van der Waals surface area contributed by atoms with Gasteiger partial charge in [-0.3, -0.25) is 4.79 Å². The van der Waals surface area contributed by atoms with Gasteiger partial charge < -0.3 is 19.6 Å². The maximum absolute atomic E-state index is 12.0. The van der Waals surface area contributed by atoms with Gasteiger partial charge in [0.25, 0.3) is 0 Å². The topological polar surface area (TPSA) is 103 Å². The van der Waals surface area contributed by atoms with Crippen LogP contribution in [0, 0.1) is 12.8 Å². The Labute approximate surface area is 225 Å². The van der Waals surface area contributed by atoms with Crippen LogP contribution in [0.3, 0.4) is 0 Å². The molecule has 194 valence electrons. The van der Waals surface area contributed by atoms with Crippen LogP contribution in [0.25, 0.3) is 33.3 Å². The number of hydrogen-bond acceptors (Lipinski definition) is 7. The molecule has 8 nitrogen and oxygen atoms in total. The van der Waals surface area contributed by atoms with Crippen LogP contribution in [-0.2, 0) is 11.3 Å². The average Bonchev–Trinajstić information content (AvgIpc) is 3.51. The molecule has 1 atom stereocenters. The number of fused-ring (bicyclic) bond motifs is 2. The van der Waals surface area contributed by atoms with Crippen molar-refractivity contribution in [3.63, 3.8) is 0 Å². The molecule has 9 heteroatoms. The number of anilines is 1. The number of furan rings is 1. The molecular weight excluding hydrogens is 496 g/mol. The largest absolute Gasteiger partial charge is 0.461 e. The lowest BCUT2D eigenvalue weighted by atomic mass is 9.95. The van der Waals surface area contributed by atoms with E-state index in [4.69, 9.17) is 15.1 Å². The van der Waals surface area contributed by atoms with Crippen molar-refractivity contribution in [2.45, 2.75) is 49.7 Å². The predicted molar refractivity (Wildman–Crippen MR) is 150 cm³/mol. The van der Waals surface area contributed by atoms with Crippen molar-refractivity contribution < 1.29 is 9.21 Å². The third-order valence-electron chi connectivity index (χ3n) is 7.31. The van der Waals surface area contributed by atoms with Crippen LogP contribution in [0.2, 0.25) is 0 Å². The van der Waals surface area contributed by atoms with Gasteiger partial charge in [0.2, 0.25) is 5.91 Å². The second kappa shape index (κ2) is 10.1. The van der Waals surface area contributed by atoms with Gasteiger partial charge in [-0.25, -0.2) is 15.0 Å². The van der Waals surface area contributed by atoms with E-state index in [2.05, 4.69) is 38.8 Å². The van der Waals surface area contributed by atoms with Crippen molar-refractivity contribution in [1.82, 2.24) is 24.4 Å². The number of rotatable bonds is 6. The van der Waals surface area contributed by atoms with Gasteiger partial charge in [0, 0.05) is 37.0 Å². The lowest BCUT2D eigenvalue weighted by molar-refractivity contribution is -0.130. The Balaban J connectivity index is 1.39. The van der Waals surface area contributed by atoms with Gasteiger partial charge in [0.05, 0.1) is 0 Å². The lowest BCUT2D eigenvalue weighted by Gasteiger charge is -2.32. The molecule has 3 aromatic heterocycles. The first-order valence-corrected chi connectivity index (χ1v) is 13.8. The van der Waals surface area contributed by atoms with E-state index in [9.17, 15) is 4.79 Å². The molecule has 1 amide bonds. The van der Waals surface area contributed by atoms with Gasteiger partial charge in [-0.1, -0.05) is 36.0 Å². The van der Waals surface area contributed by atoms with E-state index >= 15 is 0 Å². The Morgan fingerprint density at radius 3 is 2.74 bits per heavy atom. The van der Waals surface area contributed by atoms with Gasteiger partial charge in [0.15, 0.2) is 22.1 Å². The number of benzene rings is 2. The van der Waals surface area contributed by atoms with Gasteiger partial charge in [-0.05, 0) is 67.1 Å². The van der Waals surface area contributed by atoms with Gasteiger partial charge in [-0.2, -0.15) is 0 Å². The van der Waals surface area contributed by atoms with E-state index in [1.54, 1.807) is 18.7 Å². The van der Waals surface area contributed by atoms with Gasteiger partial charge in [-0.15, -0.1) is 0 Å². The van der Waals surface area contributed by atoms with Crippen LogP contribution in [0.4, 0.5) is 5.82 Å². The second-order valence-corrected chi connectivity index (χ2v) is 11.0. The number of likely N-dealkylation sites (tertiary alicyclic amines) is 1. The molecule has 6 rings (SSSR count). The smallest absolute Gasteiger partial charge is 0.219 e. The van der Waals surface area contributed by atoms with E-state index in [1.165, 1.54) is 6.33 Å². The summed E-state index contributed by atoms with van der Waals surface area (Å²) in [7, 11) is 0. The summed E-state index contributed by atoms with van der Waals surface area (Å²) < 4.78 is 8.20. The lowest BCUT2D eigenvalue weighted by Crippen LogP contribution is -2.38. The van der Waals surface area contributed by atoms with Crippen LogP contribution in [0.1, 0.15) is 31.9 Å². The number of carbonyl (C=O) groups excluding carboxylic acids is 1. The summed E-state index contributed by atoms with van der Waals surface area (Å²) in [6.45, 7) is 5.99. The highest BCUT2D eigenvalue weighted by Gasteiger charge is 2.24. The summed E-state index contributed by atoms with van der Waals surface area (Å²) in [5.41, 5.74) is 8.59. The molecular formula is C29H30N6O2S. The van der Waals surface area contributed by atoms with Crippen molar-refractivity contribution >= 4 is 45.4 Å². The van der Waals surface area contributed by atoms with Crippen molar-refractivity contribution in [2.24, 2.45) is 5.92 Å². The molecule has 1 aliphatic rings. The molecule has 38 heavy (non-hydrogen) atoms. The predicted octanol–water partition coefficient (Wildman–Crippen LogP) is 5.93. The van der Waals surface area contributed by atoms with E-state index in [0.717, 1.165) is 82.5 Å². The third kappa shape index (κ3) is 4.74. The van der Waals surface area contributed by atoms with Gasteiger partial charge in [0.1, 0.15) is 17.8 Å². The highest BCUT2D eigenvalue weighted by molar-refractivity contribution is 7.99. The number of hydrogen-bond donors (Lipinski definition) is 1. The Morgan fingerprint density at radius 2 is 1.97 bits per heavy atom. The zero-order valence-electron chi connectivity index (χ0n) is 21.6. The molecule has 0 radical (unpaired) electrons. The minimum atomic E-state index is 0.150. The van der Waals surface area contributed by atoms with E-state index in [-0.39, 0.29) is 5.91 Å². The molecule has 2 aromatic carbocycles. The fourth-order valence-electron chi connectivity index (χ4n) is 5.29. The Kier molecular flexibility index (Phi) is 6.53. The van der Waals surface area contributed by atoms with Crippen molar-refractivity contribution in [3.8, 4) is 11.3 Å². The summed E-state index contributed by atoms with van der Waals surface area (Å²) >= 11 is 1.59. The monoisotopic (exact) mass is 526 g/mol. The molecule has 5 aromatic rings. The number of amides is 1. The van der Waals surface area contributed by atoms with E-state index < -0.39 is 0 Å². The Bertz CT molecular complexity index is 1640. The molecule has 1 fully saturated rings. The number of aromatic nitrogens is 4. The fraction of sp³-hybridized carbons (Fsp3) is 0.310. The van der Waals surface area contributed by atoms with Gasteiger partial charge >= 0.3 is 0 Å². The Hall–Kier alpha value is -3.85. The summed E-state index contributed by atoms with van der Waals surface area (Å²) in [6.07, 6.45) is 4.57. The minimum absolute atomic E-state index is 0.150. The number of nitrogens with zero attached hydrogens (tertiary/aromatic N) is 5.